The first-order chi connectivity index (χ1) is 11.2. The van der Waals surface area contributed by atoms with Crippen LogP contribution in [-0.4, -0.2) is 20.5 Å². The van der Waals surface area contributed by atoms with Gasteiger partial charge in [0.2, 0.25) is 0 Å². The molecule has 0 amide bonds. The fourth-order valence-electron chi connectivity index (χ4n) is 3.54. The van der Waals surface area contributed by atoms with Gasteiger partial charge in [0.25, 0.3) is 0 Å². The summed E-state index contributed by atoms with van der Waals surface area (Å²) in [6, 6.07) is 0. The van der Waals surface area contributed by atoms with Gasteiger partial charge in [0, 0.05) is 15.4 Å². The van der Waals surface area contributed by atoms with E-state index in [-0.39, 0.29) is 56.4 Å². The van der Waals surface area contributed by atoms with Crippen LogP contribution in [0.25, 0.3) is 0 Å². The Hall–Kier alpha value is 0.600. The minimum Gasteiger partial charge on any atom is -1.00 e. The predicted octanol–water partition coefficient (Wildman–Crippen LogP) is -0.258. The number of allylic oxidation sites excluding steroid dienone is 8. The van der Waals surface area contributed by atoms with E-state index in [1.807, 2.05) is 0 Å². The maximum Gasteiger partial charge on any atom is 4.00 e. The first-order valence-electron chi connectivity index (χ1n) is 9.38. The van der Waals surface area contributed by atoms with Crippen LogP contribution in [0.4, 0.5) is 0 Å². The predicted molar refractivity (Wildman–Crippen MR) is 108 cm³/mol. The number of aliphatic hydroxyl groups is 1. The zero-order valence-electron chi connectivity index (χ0n) is 18.3. The summed E-state index contributed by atoms with van der Waals surface area (Å²) in [6.07, 6.45) is 11.1. The van der Waals surface area contributed by atoms with Crippen LogP contribution >= 0.6 is 0 Å². The fraction of sp³-hybridized carbons (Fsp3) is 0.636. The largest absolute Gasteiger partial charge is 4.00 e. The van der Waals surface area contributed by atoms with E-state index in [1.54, 1.807) is 10.8 Å². The molecule has 1 N–H and O–H groups in total. The number of hydrogen-bond donors (Lipinski definition) is 1. The molecule has 0 spiro atoms. The maximum absolute atomic E-state index is 8.82. The molecular formula is C22H36Cl2OSiZr. The Bertz CT molecular complexity index is 587. The van der Waals surface area contributed by atoms with Crippen LogP contribution in [0.1, 0.15) is 67.2 Å². The SMILES string of the molecule is CC1=[C-]C(C)(C)C(C)=C1C.CCC1=C(CCCO)C[C-]=C1[SiH](C)C.[Cl-].[Cl-].[Zr+4]. The second kappa shape index (κ2) is 14.6. The standard InChI is InChI=1S/C12H21OSi.C10H15.2ClH.Zr/c1-4-11-10(6-5-9-13)7-8-12(11)14(2)3;1-7-6-10(4,5)9(3)8(7)2;;;/h13-14H,4-7,9H2,1-3H3;1-5H3;2*1H;/q2*-1;;;+4/p-2. The average Bonchev–Trinajstić information content (AvgIpc) is 3.01. The third kappa shape index (κ3) is 8.87. The molecule has 0 atom stereocenters. The minimum absolute atomic E-state index is 0. The van der Waals surface area contributed by atoms with Crippen molar-refractivity contribution in [2.24, 2.45) is 5.41 Å². The van der Waals surface area contributed by atoms with Crippen LogP contribution in [0.3, 0.4) is 0 Å². The van der Waals surface area contributed by atoms with Gasteiger partial charge in [-0.1, -0.05) is 59.5 Å². The molecule has 5 heteroatoms. The van der Waals surface area contributed by atoms with Crippen molar-refractivity contribution < 1.29 is 56.1 Å². The number of aliphatic hydroxyl groups excluding tert-OH is 1. The van der Waals surface area contributed by atoms with Crippen molar-refractivity contribution in [3.8, 4) is 0 Å². The fourth-order valence-corrected chi connectivity index (χ4v) is 5.15. The summed E-state index contributed by atoms with van der Waals surface area (Å²) in [5.74, 6) is 0. The van der Waals surface area contributed by atoms with Gasteiger partial charge in [0.1, 0.15) is 0 Å². The van der Waals surface area contributed by atoms with Gasteiger partial charge in [-0.2, -0.15) is 22.3 Å². The second-order valence-corrected chi connectivity index (χ2v) is 10.7. The Morgan fingerprint density at radius 2 is 1.67 bits per heavy atom. The molecule has 0 radical (unpaired) electrons. The van der Waals surface area contributed by atoms with Crippen molar-refractivity contribution in [3.05, 3.63) is 45.2 Å². The molecule has 2 aliphatic rings. The van der Waals surface area contributed by atoms with E-state index in [9.17, 15) is 0 Å². The normalized spacial score (nSPS) is 17.4. The molecule has 27 heavy (non-hydrogen) atoms. The Balaban J connectivity index is -0.000000400. The summed E-state index contributed by atoms with van der Waals surface area (Å²) in [6.45, 7) is 18.2. The third-order valence-electron chi connectivity index (χ3n) is 5.37. The molecule has 0 saturated heterocycles. The van der Waals surface area contributed by atoms with Crippen molar-refractivity contribution in [1.29, 1.82) is 0 Å². The van der Waals surface area contributed by atoms with Gasteiger partial charge >= 0.3 is 26.2 Å². The van der Waals surface area contributed by atoms with Gasteiger partial charge in [0.05, 0.1) is 0 Å². The van der Waals surface area contributed by atoms with Gasteiger partial charge in [-0.25, -0.2) is 10.8 Å². The quantitative estimate of drug-likeness (QED) is 0.403. The molecule has 0 saturated carbocycles. The summed E-state index contributed by atoms with van der Waals surface area (Å²) in [4.78, 5) is 0. The van der Waals surface area contributed by atoms with E-state index < -0.39 is 8.80 Å². The molecule has 152 valence electrons. The first-order valence-corrected chi connectivity index (χ1v) is 12.3. The molecule has 0 fully saturated rings. The molecule has 0 bridgehead atoms. The van der Waals surface area contributed by atoms with E-state index in [0.29, 0.717) is 6.61 Å². The van der Waals surface area contributed by atoms with E-state index in [4.69, 9.17) is 5.11 Å². The van der Waals surface area contributed by atoms with Gasteiger partial charge < -0.3 is 29.9 Å². The second-order valence-electron chi connectivity index (χ2n) is 7.81. The Kier molecular flexibility index (Phi) is 17.4. The van der Waals surface area contributed by atoms with E-state index >= 15 is 0 Å². The first kappa shape index (κ1) is 32.3. The zero-order chi connectivity index (χ0) is 18.5. The van der Waals surface area contributed by atoms with Gasteiger partial charge in [0.15, 0.2) is 0 Å². The van der Waals surface area contributed by atoms with Crippen LogP contribution in [-0.2, 0) is 26.2 Å². The van der Waals surface area contributed by atoms with E-state index in [2.05, 4.69) is 66.8 Å². The zero-order valence-corrected chi connectivity index (χ0v) is 23.4. The summed E-state index contributed by atoms with van der Waals surface area (Å²) in [7, 11) is -0.686. The molecule has 0 aliphatic heterocycles. The topological polar surface area (TPSA) is 20.2 Å². The van der Waals surface area contributed by atoms with Gasteiger partial charge in [-0.05, 0) is 12.8 Å². The van der Waals surface area contributed by atoms with Crippen molar-refractivity contribution in [2.75, 3.05) is 6.61 Å². The van der Waals surface area contributed by atoms with Gasteiger partial charge in [-0.15, -0.1) is 13.3 Å². The monoisotopic (exact) mass is 504 g/mol. The van der Waals surface area contributed by atoms with Crippen LogP contribution < -0.4 is 24.8 Å². The summed E-state index contributed by atoms with van der Waals surface area (Å²) in [5, 5.41) is 10.4. The molecule has 0 aromatic heterocycles. The van der Waals surface area contributed by atoms with Crippen molar-refractivity contribution >= 4 is 8.80 Å². The molecule has 2 rings (SSSR count). The maximum atomic E-state index is 8.82. The Morgan fingerprint density at radius 1 is 1.11 bits per heavy atom. The number of halogens is 2. The molecule has 2 aliphatic carbocycles. The summed E-state index contributed by atoms with van der Waals surface area (Å²) >= 11 is 0. The van der Waals surface area contributed by atoms with E-state index in [1.165, 1.54) is 22.3 Å². The molecule has 0 unspecified atom stereocenters. The van der Waals surface area contributed by atoms with Crippen LogP contribution in [0, 0.1) is 17.6 Å². The minimum atomic E-state index is -0.686. The van der Waals surface area contributed by atoms with Crippen molar-refractivity contribution in [3.63, 3.8) is 0 Å². The molecule has 1 nitrogen and oxygen atoms in total. The molecule has 0 aromatic carbocycles. The summed E-state index contributed by atoms with van der Waals surface area (Å²) < 4.78 is 0. The van der Waals surface area contributed by atoms with Gasteiger partial charge in [-0.3, -0.25) is 12.2 Å². The van der Waals surface area contributed by atoms with Crippen molar-refractivity contribution in [2.45, 2.75) is 80.3 Å². The van der Waals surface area contributed by atoms with Crippen molar-refractivity contribution in [1.82, 2.24) is 0 Å². The Morgan fingerprint density at radius 3 is 1.96 bits per heavy atom. The number of rotatable bonds is 5. The third-order valence-corrected chi connectivity index (χ3v) is 7.08. The van der Waals surface area contributed by atoms with Crippen LogP contribution in [0.5, 0.6) is 0 Å². The summed E-state index contributed by atoms with van der Waals surface area (Å²) in [5.41, 5.74) is 7.50. The average molecular weight is 507 g/mol. The molecule has 0 heterocycles. The molecular weight excluding hydrogens is 470 g/mol. The van der Waals surface area contributed by atoms with E-state index in [0.717, 1.165) is 25.7 Å². The Labute approximate surface area is 201 Å². The van der Waals surface area contributed by atoms with Crippen LogP contribution in [0.15, 0.2) is 33.1 Å². The molecule has 0 aromatic rings. The van der Waals surface area contributed by atoms with Crippen LogP contribution in [0.2, 0.25) is 13.1 Å². The number of hydrogen-bond acceptors (Lipinski definition) is 1. The smallest absolute Gasteiger partial charge is 1.00 e.